The third-order valence-electron chi connectivity index (χ3n) is 4.52. The summed E-state index contributed by atoms with van der Waals surface area (Å²) in [5.41, 5.74) is 3.66. The van der Waals surface area contributed by atoms with Crippen LogP contribution in [0.5, 0.6) is 0 Å². The molecule has 0 atom stereocenters. The number of amides is 2. The number of nitrogens with one attached hydrogen (secondary N) is 1. The lowest BCUT2D eigenvalue weighted by atomic mass is 10.1. The molecule has 3 aromatic rings. The summed E-state index contributed by atoms with van der Waals surface area (Å²) in [5.74, 6) is -0.255. The zero-order chi connectivity index (χ0) is 20.3. The molecule has 0 aliphatic rings. The van der Waals surface area contributed by atoms with Crippen LogP contribution in [0, 0.1) is 6.92 Å². The first-order chi connectivity index (χ1) is 13.4. The predicted octanol–water partition coefficient (Wildman–Crippen LogP) is 3.47. The van der Waals surface area contributed by atoms with Gasteiger partial charge in [0, 0.05) is 31.2 Å². The van der Waals surface area contributed by atoms with Gasteiger partial charge in [-0.05, 0) is 48.9 Å². The number of benzene rings is 2. The van der Waals surface area contributed by atoms with E-state index in [4.69, 9.17) is 11.6 Å². The molecule has 2 amide bonds. The maximum atomic E-state index is 12.9. The van der Waals surface area contributed by atoms with Gasteiger partial charge in [0.1, 0.15) is 0 Å². The lowest BCUT2D eigenvalue weighted by Crippen LogP contribution is -2.26. The zero-order valence-corrected chi connectivity index (χ0v) is 16.7. The summed E-state index contributed by atoms with van der Waals surface area (Å²) in [6.07, 6.45) is 1.58. The second-order valence-electron chi connectivity index (χ2n) is 6.47. The highest BCUT2D eigenvalue weighted by atomic mass is 35.5. The largest absolute Gasteiger partial charge is 0.355 e. The van der Waals surface area contributed by atoms with Crippen molar-refractivity contribution in [2.75, 3.05) is 14.1 Å². The average molecular weight is 397 g/mol. The van der Waals surface area contributed by atoms with Crippen molar-refractivity contribution in [2.45, 2.75) is 13.5 Å². The van der Waals surface area contributed by atoms with Crippen molar-refractivity contribution in [3.63, 3.8) is 0 Å². The summed E-state index contributed by atoms with van der Waals surface area (Å²) in [7, 11) is 3.34. The third-order valence-corrected chi connectivity index (χ3v) is 4.77. The van der Waals surface area contributed by atoms with E-state index < -0.39 is 0 Å². The van der Waals surface area contributed by atoms with Gasteiger partial charge in [-0.3, -0.25) is 9.59 Å². The summed E-state index contributed by atoms with van der Waals surface area (Å²) >= 11 is 5.94. The van der Waals surface area contributed by atoms with Gasteiger partial charge in [-0.1, -0.05) is 23.7 Å². The van der Waals surface area contributed by atoms with E-state index >= 15 is 0 Å². The van der Waals surface area contributed by atoms with Gasteiger partial charge in [-0.15, -0.1) is 0 Å². The van der Waals surface area contributed by atoms with Crippen LogP contribution in [-0.2, 0) is 6.54 Å². The standard InChI is InChI=1S/C21H21ClN4O2/c1-14-19(12-24-26(14)18-10-8-17(22)9-11-18)21(28)25(3)13-15-4-6-16(7-5-15)20(27)23-2/h4-12H,13H2,1-3H3,(H,23,27). The topological polar surface area (TPSA) is 67.2 Å². The number of hydrogen-bond donors (Lipinski definition) is 1. The SMILES string of the molecule is CNC(=O)c1ccc(CN(C)C(=O)c2cnn(-c3ccc(Cl)cc3)c2C)cc1. The average Bonchev–Trinajstić information content (AvgIpc) is 3.09. The van der Waals surface area contributed by atoms with E-state index in [1.54, 1.807) is 54.1 Å². The molecule has 0 aliphatic heterocycles. The molecule has 144 valence electrons. The van der Waals surface area contributed by atoms with Crippen LogP contribution < -0.4 is 5.32 Å². The van der Waals surface area contributed by atoms with Crippen LogP contribution in [0.15, 0.2) is 54.7 Å². The molecule has 1 N–H and O–H groups in total. The molecule has 1 heterocycles. The zero-order valence-electron chi connectivity index (χ0n) is 15.9. The Bertz CT molecular complexity index is 994. The molecule has 28 heavy (non-hydrogen) atoms. The first-order valence-electron chi connectivity index (χ1n) is 8.77. The third kappa shape index (κ3) is 4.07. The van der Waals surface area contributed by atoms with Gasteiger partial charge >= 0.3 is 0 Å². The van der Waals surface area contributed by atoms with E-state index in [0.29, 0.717) is 22.7 Å². The molecule has 2 aromatic carbocycles. The van der Waals surface area contributed by atoms with Crippen LogP contribution in [0.3, 0.4) is 0 Å². The molecular weight excluding hydrogens is 376 g/mol. The highest BCUT2D eigenvalue weighted by Gasteiger charge is 2.19. The summed E-state index contributed by atoms with van der Waals surface area (Å²) in [4.78, 5) is 26.1. The van der Waals surface area contributed by atoms with E-state index in [1.807, 2.05) is 31.2 Å². The maximum absolute atomic E-state index is 12.9. The molecule has 0 fully saturated rings. The number of carbonyl (C=O) groups is 2. The van der Waals surface area contributed by atoms with Crippen molar-refractivity contribution in [1.29, 1.82) is 0 Å². The summed E-state index contributed by atoms with van der Waals surface area (Å²) < 4.78 is 1.72. The first kappa shape index (κ1) is 19.6. The Labute approximate surface area is 168 Å². The summed E-state index contributed by atoms with van der Waals surface area (Å²) in [6, 6.07) is 14.5. The van der Waals surface area contributed by atoms with E-state index in [0.717, 1.165) is 16.9 Å². The Balaban J connectivity index is 1.75. The molecule has 7 heteroatoms. The number of aromatic nitrogens is 2. The number of rotatable bonds is 5. The smallest absolute Gasteiger partial charge is 0.257 e. The molecule has 0 bridgehead atoms. The van der Waals surface area contributed by atoms with Gasteiger partial charge in [0.25, 0.3) is 11.8 Å². The molecule has 0 spiro atoms. The minimum Gasteiger partial charge on any atom is -0.355 e. The van der Waals surface area contributed by atoms with Crippen LogP contribution in [0.1, 0.15) is 32.0 Å². The lowest BCUT2D eigenvalue weighted by molar-refractivity contribution is 0.0784. The van der Waals surface area contributed by atoms with Gasteiger partial charge in [-0.2, -0.15) is 5.10 Å². The van der Waals surface area contributed by atoms with Crippen LogP contribution in [0.2, 0.25) is 5.02 Å². The fourth-order valence-electron chi connectivity index (χ4n) is 2.92. The molecule has 0 aliphatic carbocycles. The fourth-order valence-corrected chi connectivity index (χ4v) is 3.05. The van der Waals surface area contributed by atoms with Crippen molar-refractivity contribution in [2.24, 2.45) is 0 Å². The second kappa shape index (κ2) is 8.27. The van der Waals surface area contributed by atoms with E-state index in [9.17, 15) is 9.59 Å². The first-order valence-corrected chi connectivity index (χ1v) is 9.15. The van der Waals surface area contributed by atoms with E-state index in [1.165, 1.54) is 0 Å². The van der Waals surface area contributed by atoms with Crippen molar-refractivity contribution < 1.29 is 9.59 Å². The van der Waals surface area contributed by atoms with Gasteiger partial charge in [-0.25, -0.2) is 4.68 Å². The molecule has 1 aromatic heterocycles. The van der Waals surface area contributed by atoms with Gasteiger partial charge in [0.05, 0.1) is 23.1 Å². The van der Waals surface area contributed by atoms with Gasteiger partial charge in [0.2, 0.25) is 0 Å². The molecular formula is C21H21ClN4O2. The van der Waals surface area contributed by atoms with Crippen molar-refractivity contribution in [3.05, 3.63) is 82.1 Å². The number of hydrogen-bond acceptors (Lipinski definition) is 3. The van der Waals surface area contributed by atoms with Crippen molar-refractivity contribution in [3.8, 4) is 5.69 Å². The molecule has 3 rings (SSSR count). The number of carbonyl (C=O) groups excluding carboxylic acids is 2. The molecule has 0 saturated heterocycles. The quantitative estimate of drug-likeness (QED) is 0.718. The minimum atomic E-state index is -0.138. The van der Waals surface area contributed by atoms with Gasteiger partial charge < -0.3 is 10.2 Å². The fraction of sp³-hybridized carbons (Fsp3) is 0.190. The van der Waals surface area contributed by atoms with Crippen LogP contribution >= 0.6 is 11.6 Å². The highest BCUT2D eigenvalue weighted by molar-refractivity contribution is 6.30. The van der Waals surface area contributed by atoms with E-state index in [-0.39, 0.29) is 11.8 Å². The molecule has 0 saturated carbocycles. The summed E-state index contributed by atoms with van der Waals surface area (Å²) in [5, 5.41) is 7.58. The second-order valence-corrected chi connectivity index (χ2v) is 6.91. The normalized spacial score (nSPS) is 10.6. The lowest BCUT2D eigenvalue weighted by Gasteiger charge is -2.17. The Hall–Kier alpha value is -3.12. The molecule has 0 radical (unpaired) electrons. The Morgan fingerprint density at radius 3 is 2.36 bits per heavy atom. The number of nitrogens with zero attached hydrogens (tertiary/aromatic N) is 3. The van der Waals surface area contributed by atoms with Crippen molar-refractivity contribution in [1.82, 2.24) is 20.0 Å². The van der Waals surface area contributed by atoms with Crippen molar-refractivity contribution >= 4 is 23.4 Å². The van der Waals surface area contributed by atoms with Gasteiger partial charge in [0.15, 0.2) is 0 Å². The monoisotopic (exact) mass is 396 g/mol. The summed E-state index contributed by atoms with van der Waals surface area (Å²) in [6.45, 7) is 2.29. The Kier molecular flexibility index (Phi) is 5.80. The Morgan fingerprint density at radius 1 is 1.11 bits per heavy atom. The maximum Gasteiger partial charge on any atom is 0.257 e. The molecule has 6 nitrogen and oxygen atoms in total. The minimum absolute atomic E-state index is 0.118. The Morgan fingerprint density at radius 2 is 1.75 bits per heavy atom. The van der Waals surface area contributed by atoms with Crippen LogP contribution in [0.25, 0.3) is 5.69 Å². The number of halogens is 1. The highest BCUT2D eigenvalue weighted by Crippen LogP contribution is 2.18. The van der Waals surface area contributed by atoms with E-state index in [2.05, 4.69) is 10.4 Å². The predicted molar refractivity (Wildman–Crippen MR) is 109 cm³/mol. The van der Waals surface area contributed by atoms with Crippen LogP contribution in [0.4, 0.5) is 0 Å². The molecule has 0 unspecified atom stereocenters. The van der Waals surface area contributed by atoms with Crippen LogP contribution in [-0.4, -0.2) is 40.6 Å².